The molecule has 2 aromatic rings. The molecule has 0 aliphatic carbocycles. The lowest BCUT2D eigenvalue weighted by Crippen LogP contribution is -2.49. The van der Waals surface area contributed by atoms with Crippen molar-refractivity contribution in [2.24, 2.45) is 5.92 Å². The Morgan fingerprint density at radius 1 is 0.938 bits per heavy atom. The smallest absolute Gasteiger partial charge is 0.144 e. The topological polar surface area (TPSA) is 54.4 Å². The number of amidine groups is 1. The number of allylic oxidation sites excluding steroid dienone is 2. The third-order valence-corrected chi connectivity index (χ3v) is 5.85. The van der Waals surface area contributed by atoms with Crippen LogP contribution >= 0.6 is 0 Å². The maximum atomic E-state index is 8.97. The summed E-state index contributed by atoms with van der Waals surface area (Å²) in [5, 5.41) is 15.7. The Morgan fingerprint density at radius 2 is 1.41 bits per heavy atom. The first-order valence-electron chi connectivity index (χ1n) is 11.2. The molecule has 0 bridgehead atoms. The summed E-state index contributed by atoms with van der Waals surface area (Å²) in [6.07, 6.45) is 0.0152. The van der Waals surface area contributed by atoms with Gasteiger partial charge in [0.05, 0.1) is 5.70 Å². The lowest BCUT2D eigenvalue weighted by Gasteiger charge is -2.37. The van der Waals surface area contributed by atoms with E-state index >= 15 is 0 Å². The molecule has 172 valence electrons. The van der Waals surface area contributed by atoms with E-state index in [4.69, 9.17) is 5.41 Å². The van der Waals surface area contributed by atoms with Crippen molar-refractivity contribution in [3.8, 4) is 0 Å². The van der Waals surface area contributed by atoms with Gasteiger partial charge in [-0.15, -0.1) is 0 Å². The van der Waals surface area contributed by atoms with Gasteiger partial charge in [-0.25, -0.2) is 0 Å². The highest BCUT2D eigenvalue weighted by atomic mass is 15.3. The van der Waals surface area contributed by atoms with E-state index in [-0.39, 0.29) is 6.17 Å². The molecule has 5 heteroatoms. The van der Waals surface area contributed by atoms with Crippen molar-refractivity contribution in [1.82, 2.24) is 20.4 Å². The highest BCUT2D eigenvalue weighted by Gasteiger charge is 2.23. The lowest BCUT2D eigenvalue weighted by atomic mass is 10.1. The van der Waals surface area contributed by atoms with Crippen LogP contribution in [0.25, 0.3) is 0 Å². The first-order chi connectivity index (χ1) is 15.2. The van der Waals surface area contributed by atoms with Gasteiger partial charge >= 0.3 is 0 Å². The van der Waals surface area contributed by atoms with Crippen molar-refractivity contribution in [1.29, 1.82) is 5.41 Å². The van der Waals surface area contributed by atoms with Gasteiger partial charge in [0, 0.05) is 38.6 Å². The number of hydrogen-bond acceptors (Lipinski definition) is 4. The number of nitrogens with one attached hydrogen (secondary N) is 3. The molecule has 2 aromatic carbocycles. The van der Waals surface area contributed by atoms with Crippen LogP contribution in [-0.2, 0) is 13.1 Å². The molecular formula is C27H39N5. The molecule has 0 spiro atoms. The summed E-state index contributed by atoms with van der Waals surface area (Å²) in [5.74, 6) is 0.726. The summed E-state index contributed by atoms with van der Waals surface area (Å²) in [6.45, 7) is 14.1. The van der Waals surface area contributed by atoms with Crippen molar-refractivity contribution in [3.63, 3.8) is 0 Å². The molecule has 0 amide bonds. The minimum absolute atomic E-state index is 0.0152. The van der Waals surface area contributed by atoms with Crippen molar-refractivity contribution >= 4 is 5.84 Å². The summed E-state index contributed by atoms with van der Waals surface area (Å²) in [7, 11) is 4.01. The Labute approximate surface area is 194 Å². The Kier molecular flexibility index (Phi) is 9.39. The quantitative estimate of drug-likeness (QED) is 0.260. The molecule has 0 aliphatic rings. The molecule has 32 heavy (non-hydrogen) atoms. The fraction of sp³-hybridized carbons (Fsp3) is 0.370. The van der Waals surface area contributed by atoms with Crippen LogP contribution in [0.15, 0.2) is 84.3 Å². The van der Waals surface area contributed by atoms with Crippen molar-refractivity contribution < 1.29 is 0 Å². The predicted octanol–water partition coefficient (Wildman–Crippen LogP) is 5.15. The predicted molar refractivity (Wildman–Crippen MR) is 136 cm³/mol. The van der Waals surface area contributed by atoms with Gasteiger partial charge in [0.1, 0.15) is 12.0 Å². The standard InChI is InChI=1S/C27H39N5/c1-20(2)27(31(7)23(5)21(3)29-6)30-22(4)26(28)32(18-24-14-10-8-11-15-24)19-25-16-12-9-13-17-25/h8-17,20,27-30H,4,18-19H2,1-3,5-7H3/b23-21-,28-26?. The minimum atomic E-state index is 0.0152. The Balaban J connectivity index is 2.23. The van der Waals surface area contributed by atoms with Crippen LogP contribution in [0, 0.1) is 11.3 Å². The van der Waals surface area contributed by atoms with Gasteiger partial charge in [0.15, 0.2) is 0 Å². The molecule has 0 saturated carbocycles. The van der Waals surface area contributed by atoms with Gasteiger partial charge in [0.25, 0.3) is 0 Å². The Bertz CT molecular complexity index is 861. The zero-order chi connectivity index (χ0) is 23.7. The van der Waals surface area contributed by atoms with Gasteiger partial charge in [-0.05, 0) is 30.9 Å². The van der Waals surface area contributed by atoms with Crippen LogP contribution in [-0.4, -0.2) is 35.9 Å². The summed E-state index contributed by atoms with van der Waals surface area (Å²) in [5.41, 5.74) is 5.24. The molecular weight excluding hydrogens is 394 g/mol. The molecule has 0 fully saturated rings. The maximum Gasteiger partial charge on any atom is 0.144 e. The molecule has 1 atom stereocenters. The third-order valence-electron chi connectivity index (χ3n) is 5.85. The Hall–Kier alpha value is -3.21. The van der Waals surface area contributed by atoms with Crippen molar-refractivity contribution in [2.75, 3.05) is 14.1 Å². The molecule has 0 radical (unpaired) electrons. The number of nitrogens with zero attached hydrogens (tertiary/aromatic N) is 2. The van der Waals surface area contributed by atoms with Crippen LogP contribution in [0.5, 0.6) is 0 Å². The summed E-state index contributed by atoms with van der Waals surface area (Å²) in [4.78, 5) is 4.28. The highest BCUT2D eigenvalue weighted by Crippen LogP contribution is 2.17. The van der Waals surface area contributed by atoms with E-state index in [0.717, 1.165) is 11.4 Å². The number of rotatable bonds is 11. The van der Waals surface area contributed by atoms with Gasteiger partial charge in [-0.1, -0.05) is 81.1 Å². The second kappa shape index (κ2) is 12.0. The lowest BCUT2D eigenvalue weighted by molar-refractivity contribution is 0.209. The van der Waals surface area contributed by atoms with Gasteiger partial charge in [0.2, 0.25) is 0 Å². The number of benzene rings is 2. The SMILES string of the molecule is C=C(NC(C(C)C)N(C)/C(C)=C(/C)NC)C(=N)N(Cc1ccccc1)Cc1ccccc1. The number of hydrogen-bond donors (Lipinski definition) is 3. The molecule has 1 unspecified atom stereocenters. The van der Waals surface area contributed by atoms with E-state index in [1.807, 2.05) is 43.4 Å². The highest BCUT2D eigenvalue weighted by molar-refractivity contribution is 5.94. The zero-order valence-corrected chi connectivity index (χ0v) is 20.4. The fourth-order valence-corrected chi connectivity index (χ4v) is 3.62. The molecule has 0 heterocycles. The van der Waals surface area contributed by atoms with E-state index in [2.05, 4.69) is 86.0 Å². The zero-order valence-electron chi connectivity index (χ0n) is 20.4. The van der Waals surface area contributed by atoms with E-state index in [1.54, 1.807) is 0 Å². The van der Waals surface area contributed by atoms with E-state index in [1.165, 1.54) is 11.1 Å². The monoisotopic (exact) mass is 433 g/mol. The molecule has 2 rings (SSSR count). The minimum Gasteiger partial charge on any atom is -0.390 e. The summed E-state index contributed by atoms with van der Waals surface area (Å²) >= 11 is 0. The van der Waals surface area contributed by atoms with Crippen LogP contribution < -0.4 is 10.6 Å². The van der Waals surface area contributed by atoms with Crippen LogP contribution in [0.4, 0.5) is 0 Å². The first-order valence-corrected chi connectivity index (χ1v) is 11.2. The molecule has 3 N–H and O–H groups in total. The summed E-state index contributed by atoms with van der Waals surface area (Å²) in [6, 6.07) is 20.6. The van der Waals surface area contributed by atoms with E-state index in [9.17, 15) is 0 Å². The average Bonchev–Trinajstić information content (AvgIpc) is 2.81. The normalized spacial score (nSPS) is 12.6. The van der Waals surface area contributed by atoms with Crippen LogP contribution in [0.3, 0.4) is 0 Å². The fourth-order valence-electron chi connectivity index (χ4n) is 3.62. The van der Waals surface area contributed by atoms with Gasteiger partial charge in [-0.3, -0.25) is 5.41 Å². The van der Waals surface area contributed by atoms with Crippen LogP contribution in [0.1, 0.15) is 38.8 Å². The van der Waals surface area contributed by atoms with Crippen LogP contribution in [0.2, 0.25) is 0 Å². The third kappa shape index (κ3) is 6.91. The molecule has 0 aromatic heterocycles. The molecule has 5 nitrogen and oxygen atoms in total. The largest absolute Gasteiger partial charge is 0.390 e. The summed E-state index contributed by atoms with van der Waals surface area (Å²) < 4.78 is 0. The second-order valence-electron chi connectivity index (χ2n) is 8.56. The Morgan fingerprint density at radius 3 is 1.81 bits per heavy atom. The average molecular weight is 434 g/mol. The molecule has 0 saturated heterocycles. The van der Waals surface area contributed by atoms with Gasteiger partial charge in [-0.2, -0.15) is 0 Å². The second-order valence-corrected chi connectivity index (χ2v) is 8.56. The molecule has 0 aliphatic heterocycles. The first kappa shape index (κ1) is 25.1. The van der Waals surface area contributed by atoms with Gasteiger partial charge < -0.3 is 20.4 Å². The van der Waals surface area contributed by atoms with E-state index in [0.29, 0.717) is 30.5 Å². The maximum absolute atomic E-state index is 8.97. The van der Waals surface area contributed by atoms with Crippen molar-refractivity contribution in [3.05, 3.63) is 95.5 Å². The van der Waals surface area contributed by atoms with E-state index < -0.39 is 0 Å². The van der Waals surface area contributed by atoms with Crippen molar-refractivity contribution in [2.45, 2.75) is 47.0 Å².